The zero-order valence-corrected chi connectivity index (χ0v) is 16.6. The summed E-state index contributed by atoms with van der Waals surface area (Å²) in [6.07, 6.45) is 7.68. The summed E-state index contributed by atoms with van der Waals surface area (Å²) in [7, 11) is 0. The third kappa shape index (κ3) is 4.86. The minimum atomic E-state index is -0.174. The lowest BCUT2D eigenvalue weighted by Gasteiger charge is -2.08. The van der Waals surface area contributed by atoms with Crippen LogP contribution in [0.1, 0.15) is 55.8 Å². The Balaban J connectivity index is 1.59. The van der Waals surface area contributed by atoms with Gasteiger partial charge in [-0.25, -0.2) is 4.57 Å². The number of anilines is 1. The summed E-state index contributed by atoms with van der Waals surface area (Å²) >= 11 is 5.23. The van der Waals surface area contributed by atoms with Gasteiger partial charge in [-0.05, 0) is 55.0 Å². The molecule has 0 radical (unpaired) electrons. The molecule has 2 aromatic carbocycles. The highest BCUT2D eigenvalue weighted by Crippen LogP contribution is 2.19. The fourth-order valence-corrected chi connectivity index (χ4v) is 3.43. The van der Waals surface area contributed by atoms with Crippen molar-refractivity contribution in [2.45, 2.75) is 45.4 Å². The molecule has 0 aliphatic heterocycles. The van der Waals surface area contributed by atoms with Crippen LogP contribution in [0.5, 0.6) is 0 Å². The molecule has 1 heterocycles. The minimum absolute atomic E-state index is 0.173. The maximum absolute atomic E-state index is 12.9. The molecule has 0 aliphatic carbocycles. The molecule has 3 aromatic rings. The van der Waals surface area contributed by atoms with Crippen LogP contribution in [-0.2, 0) is 0 Å². The SMILES string of the molecule is CCCCCCCCNc1ccc(C(=O)n2c(=S)oc3ccccc32)cc1. The van der Waals surface area contributed by atoms with E-state index in [1.165, 1.54) is 43.1 Å². The van der Waals surface area contributed by atoms with Gasteiger partial charge in [-0.1, -0.05) is 51.2 Å². The first-order chi connectivity index (χ1) is 13.2. The molecule has 0 amide bonds. The van der Waals surface area contributed by atoms with Crippen LogP contribution < -0.4 is 5.32 Å². The number of hydrogen-bond acceptors (Lipinski definition) is 4. The van der Waals surface area contributed by atoms with Gasteiger partial charge in [-0.15, -0.1) is 0 Å². The number of nitrogens with zero attached hydrogens (tertiary/aromatic N) is 1. The molecule has 0 atom stereocenters. The Morgan fingerprint density at radius 1 is 1.00 bits per heavy atom. The molecular formula is C22H26N2O2S. The highest BCUT2D eigenvalue weighted by atomic mass is 32.1. The first-order valence-electron chi connectivity index (χ1n) is 9.70. The Morgan fingerprint density at radius 3 is 2.48 bits per heavy atom. The minimum Gasteiger partial charge on any atom is -0.429 e. The predicted octanol–water partition coefficient (Wildman–Crippen LogP) is 6.42. The van der Waals surface area contributed by atoms with Crippen LogP contribution in [-0.4, -0.2) is 17.0 Å². The average Bonchev–Trinajstić information content (AvgIpc) is 3.03. The molecule has 0 fully saturated rings. The van der Waals surface area contributed by atoms with E-state index >= 15 is 0 Å². The Bertz CT molecular complexity index is 941. The first kappa shape index (κ1) is 19.4. The number of carbonyl (C=O) groups is 1. The molecule has 3 rings (SSSR count). The summed E-state index contributed by atoms with van der Waals surface area (Å²) in [5.41, 5.74) is 2.93. The van der Waals surface area contributed by atoms with E-state index < -0.39 is 0 Å². The molecule has 0 spiro atoms. The van der Waals surface area contributed by atoms with Crippen molar-refractivity contribution in [2.75, 3.05) is 11.9 Å². The molecule has 0 aliphatic rings. The van der Waals surface area contributed by atoms with Crippen molar-refractivity contribution in [3.05, 3.63) is 58.9 Å². The Labute approximate surface area is 165 Å². The Morgan fingerprint density at radius 2 is 1.70 bits per heavy atom. The van der Waals surface area contributed by atoms with E-state index in [1.54, 1.807) is 0 Å². The lowest BCUT2D eigenvalue weighted by molar-refractivity contribution is 0.0959. The van der Waals surface area contributed by atoms with Crippen LogP contribution in [0, 0.1) is 4.84 Å². The molecule has 5 heteroatoms. The lowest BCUT2D eigenvalue weighted by atomic mass is 10.1. The molecule has 142 valence electrons. The van der Waals surface area contributed by atoms with Gasteiger partial charge < -0.3 is 9.73 Å². The number of aromatic nitrogens is 1. The van der Waals surface area contributed by atoms with Crippen molar-refractivity contribution in [2.24, 2.45) is 0 Å². The molecule has 1 N–H and O–H groups in total. The monoisotopic (exact) mass is 382 g/mol. The molecule has 27 heavy (non-hydrogen) atoms. The maximum atomic E-state index is 12.9. The number of benzene rings is 2. The molecule has 4 nitrogen and oxygen atoms in total. The van der Waals surface area contributed by atoms with Crippen LogP contribution >= 0.6 is 12.2 Å². The van der Waals surface area contributed by atoms with Gasteiger partial charge in [0, 0.05) is 17.8 Å². The van der Waals surface area contributed by atoms with E-state index in [4.69, 9.17) is 16.6 Å². The predicted molar refractivity (Wildman–Crippen MR) is 113 cm³/mol. The largest absolute Gasteiger partial charge is 0.429 e. The number of rotatable bonds is 9. The molecule has 0 saturated carbocycles. The molecule has 1 aromatic heterocycles. The van der Waals surface area contributed by atoms with Gasteiger partial charge in [0.05, 0.1) is 5.52 Å². The van der Waals surface area contributed by atoms with Crippen molar-refractivity contribution in [1.29, 1.82) is 0 Å². The highest BCUT2D eigenvalue weighted by molar-refractivity contribution is 7.71. The number of fused-ring (bicyclic) bond motifs is 1. The third-order valence-corrected chi connectivity index (χ3v) is 4.95. The lowest BCUT2D eigenvalue weighted by Crippen LogP contribution is -2.12. The number of unbranched alkanes of at least 4 members (excludes halogenated alkanes) is 5. The van der Waals surface area contributed by atoms with Crippen LogP contribution in [0.2, 0.25) is 0 Å². The summed E-state index contributed by atoms with van der Waals surface area (Å²) < 4.78 is 6.96. The second kappa shape index (κ2) is 9.51. The Hall–Kier alpha value is -2.40. The highest BCUT2D eigenvalue weighted by Gasteiger charge is 2.15. The Kier molecular flexibility index (Phi) is 6.82. The van der Waals surface area contributed by atoms with Gasteiger partial charge in [-0.3, -0.25) is 4.79 Å². The van der Waals surface area contributed by atoms with Crippen molar-refractivity contribution < 1.29 is 9.21 Å². The second-order valence-corrected chi connectivity index (χ2v) is 7.10. The van der Waals surface area contributed by atoms with Crippen LogP contribution in [0.25, 0.3) is 11.1 Å². The fourth-order valence-electron chi connectivity index (χ4n) is 3.16. The average molecular weight is 383 g/mol. The first-order valence-corrected chi connectivity index (χ1v) is 10.1. The quantitative estimate of drug-likeness (QED) is 0.342. The van der Waals surface area contributed by atoms with E-state index in [0.29, 0.717) is 16.7 Å². The number of oxazole rings is 1. The molecule has 0 bridgehead atoms. The normalized spacial score (nSPS) is 11.0. The fraction of sp³-hybridized carbons (Fsp3) is 0.364. The van der Waals surface area contributed by atoms with Crippen molar-refractivity contribution in [3.63, 3.8) is 0 Å². The number of carbonyl (C=O) groups excluding carboxylic acids is 1. The van der Waals surface area contributed by atoms with Crippen molar-refractivity contribution in [3.8, 4) is 0 Å². The number of hydrogen-bond donors (Lipinski definition) is 1. The van der Waals surface area contributed by atoms with Crippen LogP contribution in [0.3, 0.4) is 0 Å². The van der Waals surface area contributed by atoms with Gasteiger partial charge >= 0.3 is 0 Å². The van der Waals surface area contributed by atoms with Crippen LogP contribution in [0.15, 0.2) is 52.9 Å². The van der Waals surface area contributed by atoms with Gasteiger partial charge in [0.25, 0.3) is 10.7 Å². The third-order valence-electron chi connectivity index (χ3n) is 4.68. The number of para-hydroxylation sites is 2. The summed E-state index contributed by atoms with van der Waals surface area (Å²) in [4.78, 5) is 13.0. The van der Waals surface area contributed by atoms with E-state index in [-0.39, 0.29) is 10.7 Å². The summed E-state index contributed by atoms with van der Waals surface area (Å²) in [6, 6.07) is 14.9. The van der Waals surface area contributed by atoms with Crippen molar-refractivity contribution in [1.82, 2.24) is 4.57 Å². The standard InChI is InChI=1S/C22H26N2O2S/c1-2-3-4-5-6-9-16-23-18-14-12-17(13-15-18)21(25)24-19-10-7-8-11-20(19)26-22(24)27/h7-8,10-15,23H,2-6,9,16H2,1H3. The summed E-state index contributed by atoms with van der Waals surface area (Å²) in [6.45, 7) is 3.19. The van der Waals surface area contributed by atoms with Crippen LogP contribution in [0.4, 0.5) is 5.69 Å². The van der Waals surface area contributed by atoms with E-state index in [9.17, 15) is 4.79 Å². The zero-order chi connectivity index (χ0) is 19.1. The molecule has 0 unspecified atom stereocenters. The van der Waals surface area contributed by atoms with E-state index in [2.05, 4.69) is 12.2 Å². The van der Waals surface area contributed by atoms with E-state index in [1.807, 2.05) is 48.5 Å². The van der Waals surface area contributed by atoms with E-state index in [0.717, 1.165) is 12.2 Å². The number of nitrogens with one attached hydrogen (secondary N) is 1. The maximum Gasteiger partial charge on any atom is 0.276 e. The second-order valence-electron chi connectivity index (χ2n) is 6.75. The summed E-state index contributed by atoms with van der Waals surface area (Å²) in [5, 5.41) is 3.42. The van der Waals surface area contributed by atoms with Gasteiger partial charge in [-0.2, -0.15) is 0 Å². The van der Waals surface area contributed by atoms with Gasteiger partial charge in [0.2, 0.25) is 0 Å². The van der Waals surface area contributed by atoms with Gasteiger partial charge in [0.15, 0.2) is 5.58 Å². The van der Waals surface area contributed by atoms with Gasteiger partial charge in [0.1, 0.15) is 0 Å². The molecule has 0 saturated heterocycles. The smallest absolute Gasteiger partial charge is 0.276 e. The molecular weight excluding hydrogens is 356 g/mol. The topological polar surface area (TPSA) is 47.2 Å². The van der Waals surface area contributed by atoms with Crippen molar-refractivity contribution >= 4 is 34.9 Å². The summed E-state index contributed by atoms with van der Waals surface area (Å²) in [5.74, 6) is -0.174. The zero-order valence-electron chi connectivity index (χ0n) is 15.7.